The summed E-state index contributed by atoms with van der Waals surface area (Å²) in [6.07, 6.45) is 4.76. The first-order chi connectivity index (χ1) is 9.12. The molecule has 0 bridgehead atoms. The van der Waals surface area contributed by atoms with Crippen LogP contribution in [0.15, 0.2) is 18.2 Å². The van der Waals surface area contributed by atoms with Crippen molar-refractivity contribution in [3.63, 3.8) is 0 Å². The van der Waals surface area contributed by atoms with E-state index in [-0.39, 0.29) is 5.91 Å². The molecule has 0 aliphatic heterocycles. The number of ether oxygens (including phenoxy) is 1. The molecule has 1 saturated carbocycles. The summed E-state index contributed by atoms with van der Waals surface area (Å²) < 4.78 is 5.20. The number of carbonyl (C=O) groups is 1. The Morgan fingerprint density at radius 1 is 1.47 bits per heavy atom. The molecule has 19 heavy (non-hydrogen) atoms. The number of rotatable bonds is 6. The Labute approximate surface area is 114 Å². The van der Waals surface area contributed by atoms with Crippen LogP contribution < -0.4 is 15.8 Å². The second-order valence-corrected chi connectivity index (χ2v) is 5.36. The maximum Gasteiger partial charge on any atom is 0.257 e. The highest BCUT2D eigenvalue weighted by molar-refractivity contribution is 6.01. The number of nitrogens with two attached hydrogens (primary N) is 1. The summed E-state index contributed by atoms with van der Waals surface area (Å²) >= 11 is 0. The Balaban J connectivity index is 2.04. The second kappa shape index (κ2) is 5.51. The maximum atomic E-state index is 12.3. The average molecular weight is 262 g/mol. The lowest BCUT2D eigenvalue weighted by Gasteiger charge is -2.16. The van der Waals surface area contributed by atoms with Crippen LogP contribution in [0, 0.1) is 5.41 Å². The summed E-state index contributed by atoms with van der Waals surface area (Å²) in [6, 6.07) is 5.25. The SMILES string of the molecule is CCCC1(CNC(=O)c2c(N)cccc2OC)CC1. The Morgan fingerprint density at radius 2 is 2.21 bits per heavy atom. The molecule has 1 aliphatic carbocycles. The third-order valence-corrected chi connectivity index (χ3v) is 3.87. The maximum absolute atomic E-state index is 12.3. The van der Waals surface area contributed by atoms with Crippen LogP contribution in [0.5, 0.6) is 5.75 Å². The highest BCUT2D eigenvalue weighted by Crippen LogP contribution is 2.49. The van der Waals surface area contributed by atoms with E-state index >= 15 is 0 Å². The molecule has 0 saturated heterocycles. The molecule has 1 amide bonds. The smallest absolute Gasteiger partial charge is 0.257 e. The van der Waals surface area contributed by atoms with Gasteiger partial charge in [0.2, 0.25) is 0 Å². The number of methoxy groups -OCH3 is 1. The van der Waals surface area contributed by atoms with Gasteiger partial charge in [0.1, 0.15) is 11.3 Å². The van der Waals surface area contributed by atoms with Crippen LogP contribution in [-0.4, -0.2) is 19.6 Å². The minimum absolute atomic E-state index is 0.141. The van der Waals surface area contributed by atoms with Gasteiger partial charge in [0, 0.05) is 12.2 Å². The number of amides is 1. The summed E-state index contributed by atoms with van der Waals surface area (Å²) in [5.74, 6) is 0.384. The predicted molar refractivity (Wildman–Crippen MR) is 76.3 cm³/mol. The van der Waals surface area contributed by atoms with Crippen molar-refractivity contribution in [1.29, 1.82) is 0 Å². The monoisotopic (exact) mass is 262 g/mol. The lowest BCUT2D eigenvalue weighted by molar-refractivity contribution is 0.0941. The summed E-state index contributed by atoms with van der Waals surface area (Å²) in [5, 5.41) is 3.00. The Bertz CT molecular complexity index is 467. The first kappa shape index (κ1) is 13.7. The number of benzene rings is 1. The molecule has 0 heterocycles. The van der Waals surface area contributed by atoms with E-state index in [1.165, 1.54) is 19.3 Å². The predicted octanol–water partition coefficient (Wildman–Crippen LogP) is 2.59. The largest absolute Gasteiger partial charge is 0.496 e. The minimum atomic E-state index is -0.141. The zero-order valence-corrected chi connectivity index (χ0v) is 11.7. The van der Waals surface area contributed by atoms with Crippen LogP contribution in [0.4, 0.5) is 5.69 Å². The van der Waals surface area contributed by atoms with E-state index < -0.39 is 0 Å². The molecule has 2 rings (SSSR count). The van der Waals surface area contributed by atoms with Gasteiger partial charge in [-0.25, -0.2) is 0 Å². The Morgan fingerprint density at radius 3 is 2.79 bits per heavy atom. The molecular weight excluding hydrogens is 240 g/mol. The summed E-state index contributed by atoms with van der Waals surface area (Å²) in [6.45, 7) is 2.91. The fraction of sp³-hybridized carbons (Fsp3) is 0.533. The van der Waals surface area contributed by atoms with Gasteiger partial charge in [-0.1, -0.05) is 19.4 Å². The molecule has 1 aliphatic rings. The molecule has 104 valence electrons. The van der Waals surface area contributed by atoms with Crippen molar-refractivity contribution in [2.24, 2.45) is 5.41 Å². The third kappa shape index (κ3) is 3.00. The zero-order valence-electron chi connectivity index (χ0n) is 11.7. The quantitative estimate of drug-likeness (QED) is 0.774. The van der Waals surface area contributed by atoms with E-state index in [1.807, 2.05) is 0 Å². The summed E-state index contributed by atoms with van der Waals surface area (Å²) in [7, 11) is 1.55. The van der Waals surface area contributed by atoms with Crippen molar-refractivity contribution in [1.82, 2.24) is 5.32 Å². The minimum Gasteiger partial charge on any atom is -0.496 e. The standard InChI is InChI=1S/C15H22N2O2/c1-3-7-15(8-9-15)10-17-14(18)13-11(16)5-4-6-12(13)19-2/h4-6H,3,7-10,16H2,1-2H3,(H,17,18). The Kier molecular flexibility index (Phi) is 3.98. The molecule has 1 aromatic rings. The molecule has 0 unspecified atom stereocenters. The van der Waals surface area contributed by atoms with Crippen LogP contribution in [0.3, 0.4) is 0 Å². The van der Waals surface area contributed by atoms with Crippen molar-refractivity contribution >= 4 is 11.6 Å². The first-order valence-electron chi connectivity index (χ1n) is 6.82. The van der Waals surface area contributed by atoms with Crippen LogP contribution in [0.2, 0.25) is 0 Å². The lowest BCUT2D eigenvalue weighted by atomic mass is 10.0. The van der Waals surface area contributed by atoms with Crippen molar-refractivity contribution in [2.75, 3.05) is 19.4 Å². The molecule has 0 atom stereocenters. The van der Waals surface area contributed by atoms with Gasteiger partial charge in [-0.2, -0.15) is 0 Å². The van der Waals surface area contributed by atoms with Gasteiger partial charge in [-0.05, 0) is 36.8 Å². The summed E-state index contributed by atoms with van der Waals surface area (Å²) in [4.78, 5) is 12.3. The van der Waals surface area contributed by atoms with Gasteiger partial charge in [-0.3, -0.25) is 4.79 Å². The average Bonchev–Trinajstić information content (AvgIpc) is 3.16. The van der Waals surface area contributed by atoms with Gasteiger partial charge in [-0.15, -0.1) is 0 Å². The van der Waals surface area contributed by atoms with Gasteiger partial charge in [0.15, 0.2) is 0 Å². The fourth-order valence-corrected chi connectivity index (χ4v) is 2.54. The highest BCUT2D eigenvalue weighted by atomic mass is 16.5. The normalized spacial score (nSPS) is 15.9. The highest BCUT2D eigenvalue weighted by Gasteiger charge is 2.41. The molecule has 1 fully saturated rings. The number of hydrogen-bond acceptors (Lipinski definition) is 3. The molecule has 0 radical (unpaired) electrons. The van der Waals surface area contributed by atoms with Crippen molar-refractivity contribution < 1.29 is 9.53 Å². The van der Waals surface area contributed by atoms with E-state index in [9.17, 15) is 4.79 Å². The number of hydrogen-bond donors (Lipinski definition) is 2. The number of anilines is 1. The van der Waals surface area contributed by atoms with Crippen LogP contribution in [0.25, 0.3) is 0 Å². The van der Waals surface area contributed by atoms with Gasteiger partial charge < -0.3 is 15.8 Å². The van der Waals surface area contributed by atoms with E-state index in [0.29, 0.717) is 22.4 Å². The molecule has 4 heteroatoms. The van der Waals surface area contributed by atoms with Gasteiger partial charge >= 0.3 is 0 Å². The Hall–Kier alpha value is -1.71. The topological polar surface area (TPSA) is 64.4 Å². The van der Waals surface area contributed by atoms with E-state index in [4.69, 9.17) is 10.5 Å². The van der Waals surface area contributed by atoms with E-state index in [1.54, 1.807) is 25.3 Å². The zero-order chi connectivity index (χ0) is 13.9. The fourth-order valence-electron chi connectivity index (χ4n) is 2.54. The molecule has 3 N–H and O–H groups in total. The van der Waals surface area contributed by atoms with Crippen molar-refractivity contribution in [2.45, 2.75) is 32.6 Å². The molecule has 1 aromatic carbocycles. The van der Waals surface area contributed by atoms with Crippen LogP contribution >= 0.6 is 0 Å². The van der Waals surface area contributed by atoms with Gasteiger partial charge in [0.05, 0.1) is 7.11 Å². The number of nitrogen functional groups attached to an aromatic ring is 1. The molecule has 0 spiro atoms. The molecular formula is C15H22N2O2. The third-order valence-electron chi connectivity index (χ3n) is 3.87. The summed E-state index contributed by atoms with van der Waals surface area (Å²) in [5.41, 5.74) is 7.10. The second-order valence-electron chi connectivity index (χ2n) is 5.36. The molecule has 0 aromatic heterocycles. The number of nitrogens with one attached hydrogen (secondary N) is 1. The van der Waals surface area contributed by atoms with Crippen LogP contribution in [-0.2, 0) is 0 Å². The van der Waals surface area contributed by atoms with Crippen molar-refractivity contribution in [3.05, 3.63) is 23.8 Å². The van der Waals surface area contributed by atoms with Crippen molar-refractivity contribution in [3.8, 4) is 5.75 Å². The first-order valence-corrected chi connectivity index (χ1v) is 6.82. The lowest BCUT2D eigenvalue weighted by Crippen LogP contribution is -2.31. The van der Waals surface area contributed by atoms with E-state index in [0.717, 1.165) is 13.0 Å². The van der Waals surface area contributed by atoms with Gasteiger partial charge in [0.25, 0.3) is 5.91 Å². The number of carbonyl (C=O) groups excluding carboxylic acids is 1. The van der Waals surface area contributed by atoms with Crippen LogP contribution in [0.1, 0.15) is 43.0 Å². The van der Waals surface area contributed by atoms with E-state index in [2.05, 4.69) is 12.2 Å². The molecule has 4 nitrogen and oxygen atoms in total.